The van der Waals surface area contributed by atoms with Crippen molar-refractivity contribution < 1.29 is 0 Å². The average Bonchev–Trinajstić information content (AvgIpc) is 2.55. The van der Waals surface area contributed by atoms with Crippen LogP contribution >= 0.6 is 0 Å². The van der Waals surface area contributed by atoms with Gasteiger partial charge in [0.15, 0.2) is 0 Å². The highest BCUT2D eigenvalue weighted by atomic mass is 14.9. The fraction of sp³-hybridized carbons (Fsp3) is 0.647. The van der Waals surface area contributed by atoms with Gasteiger partial charge in [-0.1, -0.05) is 49.6 Å². The molecule has 0 bridgehead atoms. The number of hydrogen-bond donors (Lipinski definition) is 1. The Morgan fingerprint density at radius 2 is 1.78 bits per heavy atom. The first kappa shape index (κ1) is 13.6. The number of nitrogens with one attached hydrogen (secondary N) is 1. The van der Waals surface area contributed by atoms with Crippen LogP contribution < -0.4 is 5.32 Å². The summed E-state index contributed by atoms with van der Waals surface area (Å²) in [7, 11) is 0. The van der Waals surface area contributed by atoms with Gasteiger partial charge in [-0.15, -0.1) is 0 Å². The first-order valence-corrected chi connectivity index (χ1v) is 7.48. The van der Waals surface area contributed by atoms with Crippen LogP contribution in [-0.4, -0.2) is 6.04 Å². The van der Waals surface area contributed by atoms with Gasteiger partial charge < -0.3 is 5.32 Å². The summed E-state index contributed by atoms with van der Waals surface area (Å²) in [5.74, 6) is 0.923. The van der Waals surface area contributed by atoms with Gasteiger partial charge in [0.25, 0.3) is 0 Å². The van der Waals surface area contributed by atoms with Crippen molar-refractivity contribution in [1.82, 2.24) is 5.32 Å². The fourth-order valence-corrected chi connectivity index (χ4v) is 2.96. The molecule has 1 nitrogen and oxygen atoms in total. The van der Waals surface area contributed by atoms with Crippen LogP contribution in [0.4, 0.5) is 0 Å². The maximum absolute atomic E-state index is 3.82. The van der Waals surface area contributed by atoms with Gasteiger partial charge in [0.1, 0.15) is 0 Å². The molecule has 0 amide bonds. The smallest absolute Gasteiger partial charge is 0.0294 e. The van der Waals surface area contributed by atoms with E-state index in [0.29, 0.717) is 12.1 Å². The molecule has 0 aromatic heterocycles. The summed E-state index contributed by atoms with van der Waals surface area (Å²) in [5.41, 5.74) is 2.76. The Kier molecular flexibility index (Phi) is 4.82. The maximum atomic E-state index is 3.82. The van der Waals surface area contributed by atoms with Crippen molar-refractivity contribution in [2.45, 2.75) is 65.0 Å². The Morgan fingerprint density at radius 1 is 1.06 bits per heavy atom. The molecule has 100 valence electrons. The minimum absolute atomic E-state index is 0.476. The van der Waals surface area contributed by atoms with Crippen molar-refractivity contribution in [3.8, 4) is 0 Å². The molecule has 0 saturated heterocycles. The van der Waals surface area contributed by atoms with E-state index in [-0.39, 0.29) is 0 Å². The fourth-order valence-electron chi connectivity index (χ4n) is 2.96. The molecule has 3 atom stereocenters. The summed E-state index contributed by atoms with van der Waals surface area (Å²) in [6.07, 6.45) is 6.88. The van der Waals surface area contributed by atoms with E-state index in [2.05, 4.69) is 50.4 Å². The van der Waals surface area contributed by atoms with Crippen LogP contribution in [0.25, 0.3) is 0 Å². The van der Waals surface area contributed by atoms with Crippen molar-refractivity contribution in [3.63, 3.8) is 0 Å². The quantitative estimate of drug-likeness (QED) is 0.767. The summed E-state index contributed by atoms with van der Waals surface area (Å²) in [6, 6.07) is 10.1. The average molecular weight is 245 g/mol. The lowest BCUT2D eigenvalue weighted by molar-refractivity contribution is 0.408. The van der Waals surface area contributed by atoms with Gasteiger partial charge >= 0.3 is 0 Å². The van der Waals surface area contributed by atoms with Crippen LogP contribution in [0.3, 0.4) is 0 Å². The second-order valence-electron chi connectivity index (χ2n) is 6.11. The van der Waals surface area contributed by atoms with Crippen LogP contribution in [0.5, 0.6) is 0 Å². The van der Waals surface area contributed by atoms with Crippen molar-refractivity contribution in [1.29, 1.82) is 0 Å². The monoisotopic (exact) mass is 245 g/mol. The molecule has 2 rings (SSSR count). The molecule has 2 unspecified atom stereocenters. The third-order valence-electron chi connectivity index (χ3n) is 4.32. The van der Waals surface area contributed by atoms with Crippen LogP contribution in [0.1, 0.15) is 63.1 Å². The lowest BCUT2D eigenvalue weighted by Crippen LogP contribution is -2.31. The molecule has 0 radical (unpaired) electrons. The van der Waals surface area contributed by atoms with Crippen LogP contribution in [-0.2, 0) is 0 Å². The number of hydrogen-bond acceptors (Lipinski definition) is 1. The Hall–Kier alpha value is -0.820. The van der Waals surface area contributed by atoms with Gasteiger partial charge in [-0.25, -0.2) is 0 Å². The summed E-state index contributed by atoms with van der Waals surface area (Å²) in [5, 5.41) is 3.82. The van der Waals surface area contributed by atoms with Gasteiger partial charge in [-0.2, -0.15) is 0 Å². The topological polar surface area (TPSA) is 12.0 Å². The molecule has 18 heavy (non-hydrogen) atoms. The van der Waals surface area contributed by atoms with Crippen LogP contribution in [0.2, 0.25) is 0 Å². The minimum Gasteiger partial charge on any atom is -0.307 e. The predicted octanol–water partition coefficient (Wildman–Crippen LogP) is 4.61. The SMILES string of the molecule is Cc1ccc([C@@H](C)NC2CCCC(C)CC2)cc1. The molecule has 1 aromatic rings. The molecule has 1 aliphatic rings. The van der Waals surface area contributed by atoms with Gasteiger partial charge in [0.2, 0.25) is 0 Å². The highest BCUT2D eigenvalue weighted by molar-refractivity contribution is 5.23. The molecule has 0 spiro atoms. The lowest BCUT2D eigenvalue weighted by Gasteiger charge is -2.22. The normalized spacial score (nSPS) is 26.6. The molecule has 1 aromatic carbocycles. The highest BCUT2D eigenvalue weighted by Crippen LogP contribution is 2.24. The zero-order valence-corrected chi connectivity index (χ0v) is 12.1. The third-order valence-corrected chi connectivity index (χ3v) is 4.32. The van der Waals surface area contributed by atoms with Crippen LogP contribution in [0, 0.1) is 12.8 Å². The largest absolute Gasteiger partial charge is 0.307 e. The second kappa shape index (κ2) is 6.38. The molecule has 0 aliphatic heterocycles. The van der Waals surface area contributed by atoms with Gasteiger partial charge in [-0.05, 0) is 44.6 Å². The molecule has 1 saturated carbocycles. The lowest BCUT2D eigenvalue weighted by atomic mass is 10.0. The van der Waals surface area contributed by atoms with E-state index in [4.69, 9.17) is 0 Å². The van der Waals surface area contributed by atoms with Crippen molar-refractivity contribution in [3.05, 3.63) is 35.4 Å². The molecule has 1 aliphatic carbocycles. The van der Waals surface area contributed by atoms with E-state index in [0.717, 1.165) is 5.92 Å². The molecule has 0 heterocycles. The summed E-state index contributed by atoms with van der Waals surface area (Å²) < 4.78 is 0. The van der Waals surface area contributed by atoms with Crippen molar-refractivity contribution in [2.24, 2.45) is 5.92 Å². The Bertz CT molecular complexity index is 354. The second-order valence-corrected chi connectivity index (χ2v) is 6.11. The molecular weight excluding hydrogens is 218 g/mol. The summed E-state index contributed by atoms with van der Waals surface area (Å²) in [6.45, 7) is 6.83. The maximum Gasteiger partial charge on any atom is 0.0294 e. The van der Waals surface area contributed by atoms with E-state index in [9.17, 15) is 0 Å². The molecule has 1 fully saturated rings. The van der Waals surface area contributed by atoms with Crippen molar-refractivity contribution in [2.75, 3.05) is 0 Å². The third kappa shape index (κ3) is 3.84. The molecular formula is C17H27N. The zero-order chi connectivity index (χ0) is 13.0. The molecule has 1 heteroatoms. The number of rotatable bonds is 3. The molecule has 1 N–H and O–H groups in total. The highest BCUT2D eigenvalue weighted by Gasteiger charge is 2.18. The Labute approximate surface area is 112 Å². The predicted molar refractivity (Wildman–Crippen MR) is 78.8 cm³/mol. The van der Waals surface area contributed by atoms with Crippen LogP contribution in [0.15, 0.2) is 24.3 Å². The standard InChI is InChI=1S/C17H27N/c1-13-5-4-6-17(12-9-13)18-15(3)16-10-7-14(2)8-11-16/h7-8,10-11,13,15,17-18H,4-6,9,12H2,1-3H3/t13?,15-,17?/m1/s1. The summed E-state index contributed by atoms with van der Waals surface area (Å²) in [4.78, 5) is 0. The number of aryl methyl sites for hydroxylation is 1. The Balaban J connectivity index is 1.90. The van der Waals surface area contributed by atoms with E-state index in [1.807, 2.05) is 0 Å². The van der Waals surface area contributed by atoms with E-state index in [1.54, 1.807) is 0 Å². The van der Waals surface area contributed by atoms with Gasteiger partial charge in [0.05, 0.1) is 0 Å². The summed E-state index contributed by atoms with van der Waals surface area (Å²) >= 11 is 0. The van der Waals surface area contributed by atoms with Gasteiger partial charge in [-0.3, -0.25) is 0 Å². The van der Waals surface area contributed by atoms with E-state index < -0.39 is 0 Å². The Morgan fingerprint density at radius 3 is 2.50 bits per heavy atom. The minimum atomic E-state index is 0.476. The first-order valence-electron chi connectivity index (χ1n) is 7.48. The number of benzene rings is 1. The van der Waals surface area contributed by atoms with Gasteiger partial charge in [0, 0.05) is 12.1 Å². The van der Waals surface area contributed by atoms with E-state index in [1.165, 1.54) is 43.2 Å². The van der Waals surface area contributed by atoms with Crippen molar-refractivity contribution >= 4 is 0 Å². The van der Waals surface area contributed by atoms with E-state index >= 15 is 0 Å². The zero-order valence-electron chi connectivity index (χ0n) is 12.1. The first-order chi connectivity index (χ1) is 8.65.